The van der Waals surface area contributed by atoms with Crippen LogP contribution in [0.3, 0.4) is 0 Å². The lowest BCUT2D eigenvalue weighted by Gasteiger charge is -2.15. The summed E-state index contributed by atoms with van der Waals surface area (Å²) < 4.78 is 246. The van der Waals surface area contributed by atoms with Crippen LogP contribution in [-0.4, -0.2) is 151 Å². The molecule has 0 aliphatic carbocycles. The van der Waals surface area contributed by atoms with Crippen LogP contribution < -0.4 is 16.0 Å². The van der Waals surface area contributed by atoms with Crippen molar-refractivity contribution < 1.29 is 119 Å². The minimum atomic E-state index is -5.69. The molecule has 2 unspecified atom stereocenters. The second kappa shape index (κ2) is 26.1. The van der Waals surface area contributed by atoms with Gasteiger partial charge in [0.25, 0.3) is 66.6 Å². The summed E-state index contributed by atoms with van der Waals surface area (Å²) in [6.45, 7) is -0.504. The summed E-state index contributed by atoms with van der Waals surface area (Å²) in [7, 11) is -33.4. The lowest BCUT2D eigenvalue weighted by Crippen LogP contribution is -2.22. The Bertz CT molecular complexity index is 4610. The van der Waals surface area contributed by atoms with E-state index in [1.54, 1.807) is 0 Å². The standard InChI is InChI=1S/C41H35Cl2N7O27S8/c42-7-9-76-78(56)17-34(51)44-21-11-24-23(29(12-21)80(58,59)60)13-32(83(67,68)69)37(39(24)54)50-48-28-16-30(81(61,62)63)27(15-31(28)82(64,65)66)46-41(55)19-1-3-20(4-2-19)47-49-36-33(84(70,71)72)14-25-22(38(36)53)5-6-26(40(25)85(73,74)75)45-35(52)18-79(57)77-10-8-43/h1-6,11-16,53-54H,7-10,17-18H2,(H,44,51)(H,45,52)(H,46,55)(H,58,59,60)(H,61,62,63)(H,64,65,66)(H,67,68,69)(H,70,71,72)(H,73,74,75). The zero-order chi connectivity index (χ0) is 63.5. The van der Waals surface area contributed by atoms with Crippen molar-refractivity contribution in [2.75, 3.05) is 52.4 Å². The Kier molecular flexibility index (Phi) is 20.7. The Morgan fingerprint density at radius 3 is 1.45 bits per heavy atom. The molecule has 6 rings (SSSR count). The number of nitrogens with one attached hydrogen (secondary N) is 3. The molecule has 0 aliphatic heterocycles. The van der Waals surface area contributed by atoms with Crippen molar-refractivity contribution in [1.29, 1.82) is 0 Å². The van der Waals surface area contributed by atoms with Crippen LogP contribution in [-0.2, 0) is 101 Å². The Morgan fingerprint density at radius 1 is 0.471 bits per heavy atom. The number of phenols is 2. The fourth-order valence-corrected chi connectivity index (χ4v) is 13.0. The highest BCUT2D eigenvalue weighted by Gasteiger charge is 2.31. The molecule has 0 bridgehead atoms. The fraction of sp³-hybridized carbons (Fsp3) is 0.146. The monoisotopic (exact) mass is 1380 g/mol. The molecule has 0 radical (unpaired) electrons. The molecule has 44 heteroatoms. The van der Waals surface area contributed by atoms with Gasteiger partial charge in [-0.05, 0) is 72.8 Å². The van der Waals surface area contributed by atoms with E-state index in [1.165, 1.54) is 0 Å². The van der Waals surface area contributed by atoms with Gasteiger partial charge in [0.1, 0.15) is 57.9 Å². The van der Waals surface area contributed by atoms with Crippen LogP contribution in [0.1, 0.15) is 10.4 Å². The Balaban J connectivity index is 1.37. The normalized spacial score (nSPS) is 13.6. The molecule has 2 atom stereocenters. The van der Waals surface area contributed by atoms with Crippen molar-refractivity contribution in [2.24, 2.45) is 20.5 Å². The third-order valence-corrected chi connectivity index (χ3v) is 18.1. The number of nitrogens with zero attached hydrogens (tertiary/aromatic N) is 4. The number of alkyl halides is 2. The van der Waals surface area contributed by atoms with Crippen molar-refractivity contribution in [1.82, 2.24) is 0 Å². The summed E-state index contributed by atoms with van der Waals surface area (Å²) in [5, 5.41) is 39.6. The maximum atomic E-state index is 13.5. The number of rotatable bonds is 24. The minimum Gasteiger partial charge on any atom is -0.505 e. The number of carbonyl (C=O) groups excluding carboxylic acids is 3. The molecule has 458 valence electrons. The summed E-state index contributed by atoms with van der Waals surface area (Å²) in [6, 6.07) is 7.75. The van der Waals surface area contributed by atoms with Crippen molar-refractivity contribution in [3.8, 4) is 11.5 Å². The lowest BCUT2D eigenvalue weighted by molar-refractivity contribution is -0.114. The van der Waals surface area contributed by atoms with E-state index in [-0.39, 0.29) is 42.8 Å². The number of fused-ring (bicyclic) bond motifs is 2. The SMILES string of the molecule is O=C(CS(=O)OCCCl)Nc1cc(S(=O)(=O)O)c2cc(S(=O)(=O)O)c(N=Nc3cc(S(=O)(=O)O)c(NC(=O)c4ccc(N=Nc5c(S(=O)(=O)O)cc6c(S(=O)(=O)O)c(NC(=O)CS(=O)OCCCl)ccc6c5O)cc4)cc3S(=O)(=O)O)c(O)c2c1. The summed E-state index contributed by atoms with van der Waals surface area (Å²) in [5.41, 5.74) is -7.07. The van der Waals surface area contributed by atoms with Gasteiger partial charge in [-0.3, -0.25) is 50.1 Å². The summed E-state index contributed by atoms with van der Waals surface area (Å²) in [5.74, 6) is -8.30. The number of amides is 3. The van der Waals surface area contributed by atoms with Gasteiger partial charge in [0.2, 0.25) is 11.8 Å². The second-order valence-corrected chi connectivity index (χ2v) is 27.7. The van der Waals surface area contributed by atoms with Gasteiger partial charge < -0.3 is 26.2 Å². The summed E-state index contributed by atoms with van der Waals surface area (Å²) in [4.78, 5) is 30.5. The van der Waals surface area contributed by atoms with Crippen LogP contribution in [0, 0.1) is 0 Å². The third-order valence-electron chi connectivity index (χ3n) is 10.6. The first-order chi connectivity index (χ1) is 39.2. The predicted molar refractivity (Wildman–Crippen MR) is 296 cm³/mol. The van der Waals surface area contributed by atoms with Gasteiger partial charge in [0.15, 0.2) is 33.7 Å². The number of aromatic hydroxyl groups is 2. The van der Waals surface area contributed by atoms with Crippen molar-refractivity contribution in [3.05, 3.63) is 78.4 Å². The molecule has 85 heavy (non-hydrogen) atoms. The predicted octanol–water partition coefficient (Wildman–Crippen LogP) is 4.68. The van der Waals surface area contributed by atoms with E-state index < -0.39 is 214 Å². The van der Waals surface area contributed by atoms with Crippen LogP contribution in [0.15, 0.2) is 123 Å². The number of phenolic OH excluding ortho intramolecular Hbond substituents is 2. The largest absolute Gasteiger partial charge is 0.505 e. The number of azo groups is 2. The van der Waals surface area contributed by atoms with Gasteiger partial charge in [-0.15, -0.1) is 38.5 Å². The van der Waals surface area contributed by atoms with E-state index in [0.717, 1.165) is 42.5 Å². The highest BCUT2D eigenvalue weighted by molar-refractivity contribution is 7.87. The van der Waals surface area contributed by atoms with Gasteiger partial charge >= 0.3 is 0 Å². The molecule has 0 heterocycles. The van der Waals surface area contributed by atoms with Gasteiger partial charge in [-0.1, -0.05) is 0 Å². The second-order valence-electron chi connectivity index (χ2n) is 16.3. The van der Waals surface area contributed by atoms with E-state index in [9.17, 15) is 111 Å². The van der Waals surface area contributed by atoms with Crippen LogP contribution in [0.25, 0.3) is 21.5 Å². The summed E-state index contributed by atoms with van der Waals surface area (Å²) in [6.07, 6.45) is 0. The van der Waals surface area contributed by atoms with Crippen LogP contribution in [0.2, 0.25) is 0 Å². The van der Waals surface area contributed by atoms with E-state index in [1.807, 2.05) is 10.6 Å². The maximum Gasteiger partial charge on any atom is 0.297 e. The van der Waals surface area contributed by atoms with E-state index >= 15 is 0 Å². The number of hydrogen-bond acceptors (Lipinski definition) is 25. The molecule has 3 amide bonds. The van der Waals surface area contributed by atoms with Crippen LogP contribution >= 0.6 is 23.2 Å². The van der Waals surface area contributed by atoms with Gasteiger partial charge in [-0.2, -0.15) is 55.6 Å². The molecule has 0 spiro atoms. The molecule has 0 saturated carbocycles. The summed E-state index contributed by atoms with van der Waals surface area (Å²) >= 11 is 6.34. The molecule has 0 saturated heterocycles. The third kappa shape index (κ3) is 16.6. The zero-order valence-corrected chi connectivity index (χ0v) is 49.4. The zero-order valence-electron chi connectivity index (χ0n) is 41.3. The molecule has 0 fully saturated rings. The highest BCUT2D eigenvalue weighted by atomic mass is 35.5. The molecule has 34 nitrogen and oxygen atoms in total. The Labute approximate surface area is 493 Å². The van der Waals surface area contributed by atoms with E-state index in [4.69, 9.17) is 31.6 Å². The number of halogens is 2. The number of carbonyl (C=O) groups is 3. The van der Waals surface area contributed by atoms with E-state index in [0.29, 0.717) is 18.2 Å². The van der Waals surface area contributed by atoms with Crippen molar-refractivity contribution >= 4 is 185 Å². The number of benzene rings is 6. The number of anilines is 3. The smallest absolute Gasteiger partial charge is 0.297 e. The molecular weight excluding hydrogens is 1350 g/mol. The Morgan fingerprint density at radius 2 is 0.953 bits per heavy atom. The first-order valence-electron chi connectivity index (χ1n) is 21.9. The van der Waals surface area contributed by atoms with Gasteiger partial charge in [-0.25, -0.2) is 8.42 Å². The minimum absolute atomic E-state index is 0.105. The maximum absolute atomic E-state index is 13.5. The molecule has 0 aliphatic rings. The molecule has 6 aromatic carbocycles. The van der Waals surface area contributed by atoms with Crippen LogP contribution in [0.4, 0.5) is 39.8 Å². The first kappa shape index (κ1) is 67.4. The number of hydrogen-bond donors (Lipinski definition) is 11. The molecule has 11 N–H and O–H groups in total. The Hall–Kier alpha value is -6.69. The average molecular weight is 1390 g/mol. The van der Waals surface area contributed by atoms with E-state index in [2.05, 4.69) is 25.8 Å². The van der Waals surface area contributed by atoms with Gasteiger partial charge in [0.05, 0.1) is 30.3 Å². The topological polar surface area (TPSA) is 556 Å². The van der Waals surface area contributed by atoms with Crippen molar-refractivity contribution in [2.45, 2.75) is 29.4 Å². The lowest BCUT2D eigenvalue weighted by atomic mass is 10.1. The average Bonchev–Trinajstić information content (AvgIpc) is 3.56. The first-order valence-corrected chi connectivity index (χ1v) is 34.1. The quantitative estimate of drug-likeness (QED) is 0.0222. The van der Waals surface area contributed by atoms with Crippen LogP contribution in [0.5, 0.6) is 11.5 Å². The van der Waals surface area contributed by atoms with Crippen molar-refractivity contribution in [3.63, 3.8) is 0 Å². The molecule has 0 aromatic heterocycles. The molecular formula is C41H35Cl2N7O27S8. The molecule has 6 aromatic rings. The van der Waals surface area contributed by atoms with Gasteiger partial charge in [0, 0.05) is 44.6 Å². The fourth-order valence-electron chi connectivity index (χ4n) is 7.22. The highest BCUT2D eigenvalue weighted by Crippen LogP contribution is 2.47.